The number of fused-ring (bicyclic) bond motifs is 1. The number of carbonyl (C=O) groups is 2. The predicted octanol–water partition coefficient (Wildman–Crippen LogP) is 6.37. The molecule has 2 aromatic carbocycles. The summed E-state index contributed by atoms with van der Waals surface area (Å²) in [5, 5.41) is 4.50. The van der Waals surface area contributed by atoms with Gasteiger partial charge in [0.15, 0.2) is 0 Å². The molecule has 0 saturated heterocycles. The fourth-order valence-corrected chi connectivity index (χ4v) is 3.70. The second-order valence-electron chi connectivity index (χ2n) is 9.92. The summed E-state index contributed by atoms with van der Waals surface area (Å²) in [5.74, 6) is -1.34. The van der Waals surface area contributed by atoms with E-state index in [2.05, 4.69) is 20.6 Å². The van der Waals surface area contributed by atoms with Crippen LogP contribution in [0.1, 0.15) is 48.8 Å². The summed E-state index contributed by atoms with van der Waals surface area (Å²) in [6.45, 7) is 3.95. The third-order valence-corrected chi connectivity index (χ3v) is 5.41. The Balaban J connectivity index is 1.87. The Kier molecular flexibility index (Phi) is 8.56. The van der Waals surface area contributed by atoms with Crippen molar-refractivity contribution in [3.8, 4) is 0 Å². The van der Waals surface area contributed by atoms with Crippen molar-refractivity contribution in [1.82, 2.24) is 20.6 Å². The van der Waals surface area contributed by atoms with Crippen molar-refractivity contribution in [2.75, 3.05) is 0 Å². The number of rotatable bonds is 6. The van der Waals surface area contributed by atoms with Gasteiger partial charge in [-0.05, 0) is 44.5 Å². The Labute approximate surface area is 226 Å². The molecular formula is C25H23F9N4O3. The van der Waals surface area contributed by atoms with Gasteiger partial charge in [0.25, 0.3) is 0 Å². The number of aromatic nitrogens is 2. The van der Waals surface area contributed by atoms with Crippen molar-refractivity contribution < 1.29 is 53.8 Å². The maximum absolute atomic E-state index is 13.5. The predicted molar refractivity (Wildman–Crippen MR) is 126 cm³/mol. The minimum atomic E-state index is -5.17. The summed E-state index contributed by atoms with van der Waals surface area (Å²) in [5.41, 5.74) is -6.61. The molecule has 0 radical (unpaired) electrons. The number of carbonyl (C=O) groups excluding carboxylic acids is 2. The fourth-order valence-electron chi connectivity index (χ4n) is 3.70. The Morgan fingerprint density at radius 1 is 0.902 bits per heavy atom. The number of hydrogen-bond donors (Lipinski definition) is 3. The van der Waals surface area contributed by atoms with Crippen LogP contribution in [0.5, 0.6) is 0 Å². The summed E-state index contributed by atoms with van der Waals surface area (Å²) in [7, 11) is 0. The molecule has 16 heteroatoms. The van der Waals surface area contributed by atoms with Crippen LogP contribution >= 0.6 is 0 Å². The summed E-state index contributed by atoms with van der Waals surface area (Å²) >= 11 is 0. The van der Waals surface area contributed by atoms with Gasteiger partial charge in [-0.3, -0.25) is 4.79 Å². The van der Waals surface area contributed by atoms with Crippen molar-refractivity contribution >= 4 is 23.0 Å². The molecule has 41 heavy (non-hydrogen) atoms. The molecule has 224 valence electrons. The summed E-state index contributed by atoms with van der Waals surface area (Å²) < 4.78 is 124. The van der Waals surface area contributed by atoms with Crippen LogP contribution < -0.4 is 10.6 Å². The first-order valence-corrected chi connectivity index (χ1v) is 11.7. The number of aromatic amines is 1. The molecule has 1 aromatic heterocycles. The average molecular weight is 598 g/mol. The van der Waals surface area contributed by atoms with Crippen molar-refractivity contribution in [3.05, 3.63) is 64.5 Å². The maximum Gasteiger partial charge on any atom is 0.418 e. The van der Waals surface area contributed by atoms with Crippen molar-refractivity contribution in [2.24, 2.45) is 0 Å². The van der Waals surface area contributed by atoms with E-state index in [0.717, 1.165) is 18.2 Å². The number of ether oxygens (including phenoxy) is 1. The minimum absolute atomic E-state index is 0.00858. The number of amides is 2. The third kappa shape index (κ3) is 8.50. The van der Waals surface area contributed by atoms with E-state index in [-0.39, 0.29) is 17.5 Å². The van der Waals surface area contributed by atoms with E-state index in [1.807, 2.05) is 0 Å². The lowest BCUT2D eigenvalue weighted by molar-refractivity contribution is -0.142. The normalized spacial score (nSPS) is 13.7. The number of halogens is 9. The van der Waals surface area contributed by atoms with E-state index < -0.39 is 82.9 Å². The number of hydrogen-bond acceptors (Lipinski definition) is 4. The van der Waals surface area contributed by atoms with Gasteiger partial charge in [0, 0.05) is 6.42 Å². The van der Waals surface area contributed by atoms with Crippen LogP contribution in [-0.4, -0.2) is 33.6 Å². The number of alkyl halides is 9. The maximum atomic E-state index is 13.5. The SMILES string of the molecule is CC(C)(C)OC(=O)N[C@H](Cc1cccc(C(F)(F)F)c1)C(=O)NCc1nc2cc(C(F)(F)F)cc(C(F)(F)F)c2[nH]1. The Bertz CT molecular complexity index is 1420. The van der Waals surface area contributed by atoms with Gasteiger partial charge in [0.2, 0.25) is 5.91 Å². The number of alkyl carbamates (subject to hydrolysis) is 1. The van der Waals surface area contributed by atoms with Crippen LogP contribution in [-0.2, 0) is 41.0 Å². The second kappa shape index (κ2) is 11.1. The lowest BCUT2D eigenvalue weighted by Gasteiger charge is -2.23. The lowest BCUT2D eigenvalue weighted by atomic mass is 10.0. The highest BCUT2D eigenvalue weighted by Gasteiger charge is 2.39. The Morgan fingerprint density at radius 2 is 1.54 bits per heavy atom. The molecule has 3 N–H and O–H groups in total. The van der Waals surface area contributed by atoms with E-state index in [9.17, 15) is 49.1 Å². The van der Waals surface area contributed by atoms with Gasteiger partial charge < -0.3 is 20.4 Å². The Hall–Kier alpha value is -3.98. The number of nitrogens with zero attached hydrogens (tertiary/aromatic N) is 1. The molecule has 0 spiro atoms. The molecule has 3 rings (SSSR count). The molecule has 0 aliphatic carbocycles. The van der Waals surface area contributed by atoms with E-state index >= 15 is 0 Å². The zero-order valence-electron chi connectivity index (χ0n) is 21.5. The van der Waals surface area contributed by atoms with E-state index in [4.69, 9.17) is 4.74 Å². The van der Waals surface area contributed by atoms with Crippen LogP contribution in [0.2, 0.25) is 0 Å². The zero-order chi connectivity index (χ0) is 31.0. The van der Waals surface area contributed by atoms with E-state index in [1.54, 1.807) is 0 Å². The van der Waals surface area contributed by atoms with Crippen LogP contribution in [0, 0.1) is 0 Å². The molecule has 1 atom stereocenters. The summed E-state index contributed by atoms with van der Waals surface area (Å²) in [6.07, 6.45) is -16.5. The van der Waals surface area contributed by atoms with Crippen molar-refractivity contribution in [2.45, 2.75) is 63.9 Å². The largest absolute Gasteiger partial charge is 0.444 e. The first-order valence-electron chi connectivity index (χ1n) is 11.7. The summed E-state index contributed by atoms with van der Waals surface area (Å²) in [4.78, 5) is 31.2. The number of imidazole rings is 1. The van der Waals surface area contributed by atoms with E-state index in [1.165, 1.54) is 26.8 Å². The fraction of sp³-hybridized carbons (Fsp3) is 0.400. The van der Waals surface area contributed by atoms with Gasteiger partial charge in [-0.2, -0.15) is 39.5 Å². The van der Waals surface area contributed by atoms with Gasteiger partial charge in [-0.25, -0.2) is 9.78 Å². The molecule has 3 aromatic rings. The molecule has 0 aliphatic rings. The van der Waals surface area contributed by atoms with Gasteiger partial charge in [0.1, 0.15) is 17.5 Å². The van der Waals surface area contributed by atoms with Crippen molar-refractivity contribution in [1.29, 1.82) is 0 Å². The number of H-pyrrole nitrogens is 1. The topological polar surface area (TPSA) is 96.1 Å². The second-order valence-corrected chi connectivity index (χ2v) is 9.92. The molecule has 2 amide bonds. The van der Waals surface area contributed by atoms with E-state index in [0.29, 0.717) is 6.07 Å². The van der Waals surface area contributed by atoms with Gasteiger partial charge in [-0.1, -0.05) is 18.2 Å². The molecule has 0 saturated carbocycles. The first kappa shape index (κ1) is 31.5. The van der Waals surface area contributed by atoms with Crippen LogP contribution in [0.4, 0.5) is 44.3 Å². The summed E-state index contributed by atoms with van der Waals surface area (Å²) in [6, 6.07) is 2.78. The highest BCUT2D eigenvalue weighted by atomic mass is 19.4. The highest BCUT2D eigenvalue weighted by Crippen LogP contribution is 2.39. The van der Waals surface area contributed by atoms with Crippen molar-refractivity contribution in [3.63, 3.8) is 0 Å². The molecule has 0 fully saturated rings. The zero-order valence-corrected chi connectivity index (χ0v) is 21.5. The first-order chi connectivity index (χ1) is 18.6. The molecule has 0 bridgehead atoms. The van der Waals surface area contributed by atoms with Gasteiger partial charge in [0.05, 0.1) is 34.3 Å². The average Bonchev–Trinajstić information content (AvgIpc) is 3.21. The van der Waals surface area contributed by atoms with Crippen LogP contribution in [0.15, 0.2) is 36.4 Å². The molecule has 0 aliphatic heterocycles. The monoisotopic (exact) mass is 598 g/mol. The number of nitrogens with one attached hydrogen (secondary N) is 3. The molecule has 1 heterocycles. The molecule has 7 nitrogen and oxygen atoms in total. The van der Waals surface area contributed by atoms with Crippen LogP contribution in [0.3, 0.4) is 0 Å². The standard InChI is InChI=1S/C25H23F9N4O3/c1-22(2,3)41-21(40)37-17(8-12-5-4-6-13(7-12)23(26,27)28)20(39)35-11-18-36-16-10-14(24(29,30)31)9-15(19(16)38-18)25(32,33)34/h4-7,9-10,17H,8,11H2,1-3H3,(H,35,39)(H,36,38)(H,37,40)/t17-/m1/s1. The third-order valence-electron chi connectivity index (χ3n) is 5.41. The smallest absolute Gasteiger partial charge is 0.418 e. The molecule has 0 unspecified atom stereocenters. The highest BCUT2D eigenvalue weighted by molar-refractivity contribution is 5.86. The molecular weight excluding hydrogens is 575 g/mol. The quantitative estimate of drug-likeness (QED) is 0.288. The lowest BCUT2D eigenvalue weighted by Crippen LogP contribution is -2.49. The van der Waals surface area contributed by atoms with Gasteiger partial charge >= 0.3 is 24.6 Å². The van der Waals surface area contributed by atoms with Gasteiger partial charge in [-0.15, -0.1) is 0 Å². The Morgan fingerprint density at radius 3 is 2.10 bits per heavy atom. The number of benzene rings is 2. The minimum Gasteiger partial charge on any atom is -0.444 e. The van der Waals surface area contributed by atoms with Crippen LogP contribution in [0.25, 0.3) is 11.0 Å².